The van der Waals surface area contributed by atoms with Crippen LogP contribution in [0, 0.1) is 0 Å². The van der Waals surface area contributed by atoms with Crippen molar-refractivity contribution in [2.24, 2.45) is 0 Å². The van der Waals surface area contributed by atoms with Gasteiger partial charge < -0.3 is 9.13 Å². The summed E-state index contributed by atoms with van der Waals surface area (Å²) < 4.78 is 81.3. The van der Waals surface area contributed by atoms with E-state index in [-0.39, 0.29) is 27.8 Å². The van der Waals surface area contributed by atoms with Crippen molar-refractivity contribution in [3.05, 3.63) is 242 Å². The topological polar surface area (TPSA) is 45.5 Å². The molecule has 0 aliphatic carbocycles. The van der Waals surface area contributed by atoms with Crippen LogP contribution in [-0.2, 0) is 0 Å². The summed E-state index contributed by atoms with van der Waals surface area (Å²) >= 11 is 0. The summed E-state index contributed by atoms with van der Waals surface area (Å²) in [5.74, 6) is 0.340. The molecule has 0 amide bonds. The number of nitrogens with zero attached hydrogens (tertiary/aromatic N) is 6. The maximum absolute atomic E-state index is 9.54. The van der Waals surface area contributed by atoms with Gasteiger partial charge in [0.15, 0.2) is 0 Å². The second-order valence-electron chi connectivity index (χ2n) is 17.6. The minimum Gasteiger partial charge on any atom is -0.309 e. The molecule has 6 heteroatoms. The number of aromatic nitrogens is 6. The number of hydrogen-bond acceptors (Lipinski definition) is 2. The molecule has 6 nitrogen and oxygen atoms in total. The van der Waals surface area contributed by atoms with Crippen LogP contribution in [0.3, 0.4) is 0 Å². The smallest absolute Gasteiger partial charge is 0.237 e. The van der Waals surface area contributed by atoms with Gasteiger partial charge in [0.25, 0.3) is 0 Å². The van der Waals surface area contributed by atoms with Gasteiger partial charge in [0.1, 0.15) is 5.82 Å². The third-order valence-corrected chi connectivity index (χ3v) is 13.9. The van der Waals surface area contributed by atoms with Crippen LogP contribution in [0.25, 0.3) is 133 Å². The summed E-state index contributed by atoms with van der Waals surface area (Å²) in [5.41, 5.74) is 10.1. The predicted molar refractivity (Wildman–Crippen MR) is 290 cm³/mol. The molecule has 0 N–H and O–H groups in total. The van der Waals surface area contributed by atoms with Gasteiger partial charge in [-0.2, -0.15) is 4.98 Å². The van der Waals surface area contributed by atoms with Gasteiger partial charge in [-0.25, -0.2) is 4.98 Å². The molecule has 0 saturated heterocycles. The zero-order chi connectivity index (χ0) is 52.8. The normalized spacial score (nSPS) is 13.6. The summed E-state index contributed by atoms with van der Waals surface area (Å²) in [6, 6.07) is 62.4. The zero-order valence-electron chi connectivity index (χ0n) is 45.2. The Balaban J connectivity index is 1.12. The van der Waals surface area contributed by atoms with Crippen molar-refractivity contribution in [3.8, 4) is 45.5 Å². The molecule has 0 radical (unpaired) electrons. The Labute approximate surface area is 413 Å². The first-order valence-electron chi connectivity index (χ1n) is 27.2. The zero-order valence-corrected chi connectivity index (χ0v) is 37.2. The van der Waals surface area contributed by atoms with Crippen LogP contribution in [0.5, 0.6) is 0 Å². The molecular formula is C64H40N6. The molecule has 0 aliphatic heterocycles. The maximum atomic E-state index is 9.54. The molecule has 0 unspecified atom stereocenters. The highest BCUT2D eigenvalue weighted by atomic mass is 15.2. The standard InChI is InChI=1S/C64H40N6/c1-9-30-53-44(21-1)45-22-2-10-31-54(45)67(53)42-20-17-19-41(39-42)43-29-18-38-61(68-55-32-11-3-23-46(55)47-24-4-12-33-56(47)68)63(43)52-40-62(69-57-34-13-5-25-48(57)49-26-6-14-35-58(49)69)66-64(65-52)70-59-36-15-7-27-50(59)51-28-8-16-37-60(51)70/h1-40H/i7D,8D,15D,16D,27D,28D,36D,37D. The van der Waals surface area contributed by atoms with E-state index in [1.165, 1.54) is 4.57 Å². The predicted octanol–water partition coefficient (Wildman–Crippen LogP) is 16.2. The van der Waals surface area contributed by atoms with E-state index in [1.807, 2.05) is 66.7 Å². The van der Waals surface area contributed by atoms with E-state index in [0.29, 0.717) is 17.1 Å². The van der Waals surface area contributed by atoms with Crippen molar-refractivity contribution in [1.29, 1.82) is 0 Å². The van der Waals surface area contributed by atoms with Crippen LogP contribution in [-0.4, -0.2) is 28.2 Å². The van der Waals surface area contributed by atoms with E-state index in [0.717, 1.165) is 87.9 Å². The molecule has 0 bridgehead atoms. The highest BCUT2D eigenvalue weighted by Gasteiger charge is 2.25. The Morgan fingerprint density at radius 3 is 1.29 bits per heavy atom. The van der Waals surface area contributed by atoms with Crippen LogP contribution in [0.2, 0.25) is 0 Å². The fraction of sp³-hybridized carbons (Fsp3) is 0. The molecular weight excluding hydrogens is 853 g/mol. The van der Waals surface area contributed by atoms with Gasteiger partial charge in [-0.15, -0.1) is 0 Å². The van der Waals surface area contributed by atoms with Gasteiger partial charge in [0, 0.05) is 60.4 Å². The lowest BCUT2D eigenvalue weighted by molar-refractivity contribution is 0.951. The van der Waals surface area contributed by atoms with Gasteiger partial charge >= 0.3 is 0 Å². The number of fused-ring (bicyclic) bond motifs is 12. The first-order chi connectivity index (χ1) is 38.1. The van der Waals surface area contributed by atoms with Gasteiger partial charge in [0.2, 0.25) is 5.95 Å². The Bertz CT molecular complexity index is 4870. The Hall–Kier alpha value is -9.52. The van der Waals surface area contributed by atoms with E-state index in [2.05, 4.69) is 141 Å². The second kappa shape index (κ2) is 15.0. The van der Waals surface area contributed by atoms with Crippen LogP contribution < -0.4 is 0 Å². The van der Waals surface area contributed by atoms with Crippen LogP contribution in [0.1, 0.15) is 11.0 Å². The Morgan fingerprint density at radius 2 is 0.771 bits per heavy atom. The first-order valence-corrected chi connectivity index (χ1v) is 23.2. The summed E-state index contributed by atoms with van der Waals surface area (Å²) in [5, 5.41) is 6.21. The molecule has 15 aromatic rings. The van der Waals surface area contributed by atoms with E-state index < -0.39 is 48.3 Å². The number of hydrogen-bond donors (Lipinski definition) is 0. The lowest BCUT2D eigenvalue weighted by Gasteiger charge is -2.20. The van der Waals surface area contributed by atoms with Crippen molar-refractivity contribution in [1.82, 2.24) is 28.2 Å². The van der Waals surface area contributed by atoms with E-state index in [9.17, 15) is 5.48 Å². The van der Waals surface area contributed by atoms with Gasteiger partial charge in [-0.05, 0) is 77.8 Å². The largest absolute Gasteiger partial charge is 0.309 e. The van der Waals surface area contributed by atoms with Gasteiger partial charge in [-0.3, -0.25) is 9.13 Å². The Morgan fingerprint density at radius 1 is 0.329 bits per heavy atom. The molecule has 0 spiro atoms. The molecule has 326 valence electrons. The average Bonchev–Trinajstić information content (AvgIpc) is 4.02. The van der Waals surface area contributed by atoms with E-state index in [4.69, 9.17) is 15.5 Å². The van der Waals surface area contributed by atoms with Gasteiger partial charge in [0.05, 0.1) is 66.5 Å². The van der Waals surface area contributed by atoms with Crippen molar-refractivity contribution in [2.75, 3.05) is 0 Å². The van der Waals surface area contributed by atoms with Crippen molar-refractivity contribution < 1.29 is 11.0 Å². The van der Waals surface area contributed by atoms with E-state index in [1.54, 1.807) is 0 Å². The molecule has 0 atom stereocenters. The summed E-state index contributed by atoms with van der Waals surface area (Å²) in [6.45, 7) is 0. The fourth-order valence-electron chi connectivity index (χ4n) is 11.0. The molecule has 0 aliphatic rings. The highest BCUT2D eigenvalue weighted by molar-refractivity contribution is 6.13. The monoisotopic (exact) mass is 900 g/mol. The minimum atomic E-state index is -0.535. The lowest BCUT2D eigenvalue weighted by Crippen LogP contribution is -2.09. The summed E-state index contributed by atoms with van der Waals surface area (Å²) in [4.78, 5) is 10.9. The number of rotatable bonds is 6. The van der Waals surface area contributed by atoms with Crippen molar-refractivity contribution in [2.45, 2.75) is 0 Å². The number of benzene rings is 10. The lowest BCUT2D eigenvalue weighted by atomic mass is 9.95. The molecule has 5 heterocycles. The molecule has 15 rings (SSSR count). The fourth-order valence-corrected chi connectivity index (χ4v) is 11.0. The molecule has 0 saturated carbocycles. The molecule has 10 aromatic carbocycles. The van der Waals surface area contributed by atoms with Crippen molar-refractivity contribution >= 4 is 87.2 Å². The SMILES string of the molecule is [2H]c1c([2H])c([2H])c2c(c1[2H])c1c([2H])c([2H])c([2H])c([2H])c1n2-c1nc(-c2c(-c3cccc(-n4c5ccccc5c5ccccc54)c3)cccc2-n2c3ccccc3c3ccccc32)cc(-n2c3ccccc3c3ccccc32)n1. The minimum absolute atomic E-state index is 0.0661. The highest BCUT2D eigenvalue weighted by Crippen LogP contribution is 2.44. The van der Waals surface area contributed by atoms with Gasteiger partial charge in [-0.1, -0.05) is 170 Å². The molecule has 5 aromatic heterocycles. The molecule has 0 fully saturated rings. The average molecular weight is 901 g/mol. The summed E-state index contributed by atoms with van der Waals surface area (Å²) in [6.07, 6.45) is 0. The van der Waals surface area contributed by atoms with Crippen LogP contribution in [0.15, 0.2) is 242 Å². The van der Waals surface area contributed by atoms with Crippen LogP contribution in [0.4, 0.5) is 0 Å². The third kappa shape index (κ3) is 5.56. The summed E-state index contributed by atoms with van der Waals surface area (Å²) in [7, 11) is 0. The number of para-hydroxylation sites is 8. The third-order valence-electron chi connectivity index (χ3n) is 13.9. The second-order valence-corrected chi connectivity index (χ2v) is 17.6. The Kier molecular flexibility index (Phi) is 6.74. The van der Waals surface area contributed by atoms with E-state index >= 15 is 0 Å². The van der Waals surface area contributed by atoms with Crippen molar-refractivity contribution in [3.63, 3.8) is 0 Å². The first kappa shape index (κ1) is 31.5. The van der Waals surface area contributed by atoms with Crippen LogP contribution >= 0.6 is 0 Å². The quantitative estimate of drug-likeness (QED) is 0.167. The maximum Gasteiger partial charge on any atom is 0.237 e. The molecule has 70 heavy (non-hydrogen) atoms.